The lowest BCUT2D eigenvalue weighted by Gasteiger charge is -2.33. The lowest BCUT2D eigenvalue weighted by atomic mass is 9.96. The van der Waals surface area contributed by atoms with Crippen LogP contribution >= 0.6 is 0 Å². The lowest BCUT2D eigenvalue weighted by Crippen LogP contribution is -2.39. The third kappa shape index (κ3) is 4.16. The highest BCUT2D eigenvalue weighted by molar-refractivity contribution is 5.73. The minimum absolute atomic E-state index is 0.000338. The van der Waals surface area contributed by atoms with Crippen LogP contribution in [0.4, 0.5) is 11.6 Å². The van der Waals surface area contributed by atoms with Crippen molar-refractivity contribution in [2.24, 2.45) is 5.92 Å². The van der Waals surface area contributed by atoms with Gasteiger partial charge in [0.05, 0.1) is 5.92 Å². The molecular weight excluding hydrogens is 304 g/mol. The summed E-state index contributed by atoms with van der Waals surface area (Å²) < 4.78 is 5.52. The number of hydrogen-bond donors (Lipinski definition) is 0. The van der Waals surface area contributed by atoms with Crippen LogP contribution in [0.1, 0.15) is 46.5 Å². The van der Waals surface area contributed by atoms with E-state index in [2.05, 4.69) is 25.8 Å². The van der Waals surface area contributed by atoms with Gasteiger partial charge in [-0.15, -0.1) is 0 Å². The molecule has 2 saturated heterocycles. The van der Waals surface area contributed by atoms with Gasteiger partial charge in [-0.3, -0.25) is 4.79 Å². The molecule has 3 rings (SSSR count). The maximum Gasteiger partial charge on any atom is 0.309 e. The molecule has 0 unspecified atom stereocenters. The molecule has 0 bridgehead atoms. The fourth-order valence-corrected chi connectivity index (χ4v) is 3.36. The van der Waals surface area contributed by atoms with Crippen LogP contribution in [0.5, 0.6) is 0 Å². The molecule has 132 valence electrons. The standard InChI is InChI=1S/C18H28N4O2/c1-18(2,3)24-17(23)14-6-10-22(11-7-14)16-12-15(19-13-20-16)21-8-4-5-9-21/h12-14H,4-11H2,1-3H3. The predicted molar refractivity (Wildman–Crippen MR) is 94.3 cm³/mol. The Kier molecular flexibility index (Phi) is 4.92. The first-order valence-electron chi connectivity index (χ1n) is 8.97. The Morgan fingerprint density at radius 2 is 1.58 bits per heavy atom. The Balaban J connectivity index is 1.58. The van der Waals surface area contributed by atoms with E-state index in [1.54, 1.807) is 6.33 Å². The summed E-state index contributed by atoms with van der Waals surface area (Å²) in [5.74, 6) is 1.92. The van der Waals surface area contributed by atoms with Crippen molar-refractivity contribution in [3.63, 3.8) is 0 Å². The van der Waals surface area contributed by atoms with Crippen LogP contribution in [0, 0.1) is 5.92 Å². The second-order valence-electron chi connectivity index (χ2n) is 7.72. The van der Waals surface area contributed by atoms with Gasteiger partial charge in [-0.2, -0.15) is 0 Å². The summed E-state index contributed by atoms with van der Waals surface area (Å²) in [5, 5.41) is 0. The molecule has 1 aromatic rings. The highest BCUT2D eigenvalue weighted by Gasteiger charge is 2.29. The average Bonchev–Trinajstić information content (AvgIpc) is 3.08. The SMILES string of the molecule is CC(C)(C)OC(=O)C1CCN(c2cc(N3CCCC3)ncn2)CC1. The molecule has 0 saturated carbocycles. The summed E-state index contributed by atoms with van der Waals surface area (Å²) in [6, 6.07) is 2.08. The van der Waals surface area contributed by atoms with Crippen LogP contribution in [0.15, 0.2) is 12.4 Å². The van der Waals surface area contributed by atoms with E-state index in [4.69, 9.17) is 4.74 Å². The van der Waals surface area contributed by atoms with E-state index < -0.39 is 5.60 Å². The second-order valence-corrected chi connectivity index (χ2v) is 7.72. The number of nitrogens with zero attached hydrogens (tertiary/aromatic N) is 4. The van der Waals surface area contributed by atoms with E-state index >= 15 is 0 Å². The number of hydrogen-bond acceptors (Lipinski definition) is 6. The van der Waals surface area contributed by atoms with Gasteiger partial charge in [-0.05, 0) is 46.5 Å². The van der Waals surface area contributed by atoms with Crippen molar-refractivity contribution in [2.45, 2.75) is 52.1 Å². The van der Waals surface area contributed by atoms with E-state index in [1.807, 2.05) is 20.8 Å². The highest BCUT2D eigenvalue weighted by Crippen LogP contribution is 2.26. The summed E-state index contributed by atoms with van der Waals surface area (Å²) >= 11 is 0. The highest BCUT2D eigenvalue weighted by atomic mass is 16.6. The quantitative estimate of drug-likeness (QED) is 0.793. The molecule has 2 fully saturated rings. The minimum atomic E-state index is -0.411. The van der Waals surface area contributed by atoms with Gasteiger partial charge in [0.25, 0.3) is 0 Å². The summed E-state index contributed by atoms with van der Waals surface area (Å²) in [6.07, 6.45) is 5.76. The van der Waals surface area contributed by atoms with Crippen molar-refractivity contribution in [1.82, 2.24) is 9.97 Å². The number of anilines is 2. The van der Waals surface area contributed by atoms with E-state index in [0.29, 0.717) is 0 Å². The predicted octanol–water partition coefficient (Wildman–Crippen LogP) is 2.63. The Hall–Kier alpha value is -1.85. The zero-order chi connectivity index (χ0) is 17.2. The zero-order valence-electron chi connectivity index (χ0n) is 15.0. The number of esters is 1. The van der Waals surface area contributed by atoms with Crippen molar-refractivity contribution in [1.29, 1.82) is 0 Å². The van der Waals surface area contributed by atoms with E-state index in [9.17, 15) is 4.79 Å². The Labute approximate surface area is 144 Å². The Bertz CT molecular complexity index is 571. The van der Waals surface area contributed by atoms with Crippen LogP contribution in [0.25, 0.3) is 0 Å². The van der Waals surface area contributed by atoms with Crippen molar-refractivity contribution in [3.8, 4) is 0 Å². The summed E-state index contributed by atoms with van der Waals surface area (Å²) in [4.78, 5) is 25.6. The van der Waals surface area contributed by atoms with Gasteiger partial charge in [-0.1, -0.05) is 0 Å². The first-order chi connectivity index (χ1) is 11.4. The number of aromatic nitrogens is 2. The van der Waals surface area contributed by atoms with Crippen molar-refractivity contribution in [3.05, 3.63) is 12.4 Å². The fraction of sp³-hybridized carbons (Fsp3) is 0.722. The molecule has 0 radical (unpaired) electrons. The number of ether oxygens (including phenoxy) is 1. The van der Waals surface area contributed by atoms with Gasteiger partial charge in [-0.25, -0.2) is 9.97 Å². The largest absolute Gasteiger partial charge is 0.460 e. The Morgan fingerprint density at radius 1 is 1.04 bits per heavy atom. The molecular formula is C18H28N4O2. The molecule has 0 atom stereocenters. The molecule has 24 heavy (non-hydrogen) atoms. The van der Waals surface area contributed by atoms with Gasteiger partial charge in [0.1, 0.15) is 23.6 Å². The van der Waals surface area contributed by atoms with Crippen molar-refractivity contribution >= 4 is 17.6 Å². The normalized spacial score (nSPS) is 19.6. The van der Waals surface area contributed by atoms with Crippen LogP contribution in [0.3, 0.4) is 0 Å². The maximum absolute atomic E-state index is 12.2. The first kappa shape index (κ1) is 17.0. The summed E-state index contributed by atoms with van der Waals surface area (Å²) in [6.45, 7) is 9.58. The minimum Gasteiger partial charge on any atom is -0.460 e. The monoisotopic (exact) mass is 332 g/mol. The number of rotatable bonds is 3. The van der Waals surface area contributed by atoms with Crippen molar-refractivity contribution < 1.29 is 9.53 Å². The first-order valence-corrected chi connectivity index (χ1v) is 8.97. The molecule has 0 aliphatic carbocycles. The van der Waals surface area contributed by atoms with Crippen LogP contribution in [0.2, 0.25) is 0 Å². The van der Waals surface area contributed by atoms with Crippen molar-refractivity contribution in [2.75, 3.05) is 36.0 Å². The number of carbonyl (C=O) groups is 1. The molecule has 0 N–H and O–H groups in total. The van der Waals surface area contributed by atoms with E-state index in [0.717, 1.165) is 50.7 Å². The second kappa shape index (κ2) is 6.95. The van der Waals surface area contributed by atoms with Gasteiger partial charge in [0, 0.05) is 32.2 Å². The van der Waals surface area contributed by atoms with Gasteiger partial charge in [0.2, 0.25) is 0 Å². The zero-order valence-corrected chi connectivity index (χ0v) is 15.0. The van der Waals surface area contributed by atoms with Crippen LogP contribution < -0.4 is 9.80 Å². The molecule has 2 aliphatic rings. The fourth-order valence-electron chi connectivity index (χ4n) is 3.36. The van der Waals surface area contributed by atoms with E-state index in [1.165, 1.54) is 12.8 Å². The van der Waals surface area contributed by atoms with Crippen LogP contribution in [-0.2, 0) is 9.53 Å². The molecule has 0 spiro atoms. The molecule has 3 heterocycles. The number of piperidine rings is 1. The summed E-state index contributed by atoms with van der Waals surface area (Å²) in [5.41, 5.74) is -0.411. The third-order valence-electron chi connectivity index (χ3n) is 4.63. The Morgan fingerprint density at radius 3 is 2.12 bits per heavy atom. The average molecular weight is 332 g/mol. The van der Waals surface area contributed by atoms with E-state index in [-0.39, 0.29) is 11.9 Å². The molecule has 6 heteroatoms. The molecule has 0 aromatic carbocycles. The van der Waals surface area contributed by atoms with Crippen LogP contribution in [-0.4, -0.2) is 47.7 Å². The van der Waals surface area contributed by atoms with Gasteiger partial charge >= 0.3 is 5.97 Å². The van der Waals surface area contributed by atoms with Gasteiger partial charge < -0.3 is 14.5 Å². The topological polar surface area (TPSA) is 58.6 Å². The maximum atomic E-state index is 12.2. The molecule has 2 aliphatic heterocycles. The molecule has 1 aromatic heterocycles. The number of carbonyl (C=O) groups excluding carboxylic acids is 1. The lowest BCUT2D eigenvalue weighted by molar-refractivity contribution is -0.160. The third-order valence-corrected chi connectivity index (χ3v) is 4.63. The van der Waals surface area contributed by atoms with Gasteiger partial charge in [0.15, 0.2) is 0 Å². The smallest absolute Gasteiger partial charge is 0.309 e. The molecule has 0 amide bonds. The molecule has 6 nitrogen and oxygen atoms in total. The summed E-state index contributed by atoms with van der Waals surface area (Å²) in [7, 11) is 0.